The molecule has 0 atom stereocenters. The first-order valence-corrected chi connectivity index (χ1v) is 10.3. The second-order valence-corrected chi connectivity index (χ2v) is 8.44. The molecule has 0 fully saturated rings. The standard InChI is InChI=1S/C25H26N2O5/c1-25(2,3)32-24(28)31-23-19(15-29-4)22-18-12-17(30-14-16-8-6-5-7-9-16)10-11-20(18)27-21(22)13-26-23/h5-13,27H,14-15H2,1-4H3. The number of nitrogens with one attached hydrogen (secondary N) is 1. The molecule has 0 spiro atoms. The Kier molecular flexibility index (Phi) is 6.01. The van der Waals surface area contributed by atoms with Crippen LogP contribution in [0.5, 0.6) is 11.6 Å². The van der Waals surface area contributed by atoms with Crippen LogP contribution in [-0.2, 0) is 22.7 Å². The summed E-state index contributed by atoms with van der Waals surface area (Å²) in [6.45, 7) is 6.01. The van der Waals surface area contributed by atoms with Crippen molar-refractivity contribution in [1.82, 2.24) is 9.97 Å². The Balaban J connectivity index is 1.71. The number of nitrogens with zero attached hydrogens (tertiary/aromatic N) is 1. The maximum absolute atomic E-state index is 12.2. The monoisotopic (exact) mass is 434 g/mol. The van der Waals surface area contributed by atoms with Gasteiger partial charge >= 0.3 is 6.16 Å². The molecule has 0 saturated heterocycles. The molecule has 0 saturated carbocycles. The Morgan fingerprint density at radius 2 is 1.81 bits per heavy atom. The van der Waals surface area contributed by atoms with Crippen LogP contribution < -0.4 is 9.47 Å². The van der Waals surface area contributed by atoms with Crippen LogP contribution in [0.2, 0.25) is 0 Å². The van der Waals surface area contributed by atoms with Gasteiger partial charge < -0.3 is 23.9 Å². The van der Waals surface area contributed by atoms with E-state index in [-0.39, 0.29) is 12.5 Å². The molecule has 4 rings (SSSR count). The normalized spacial score (nSPS) is 11.6. The highest BCUT2D eigenvalue weighted by Gasteiger charge is 2.22. The van der Waals surface area contributed by atoms with Gasteiger partial charge in [0.25, 0.3) is 0 Å². The Bertz CT molecular complexity index is 1240. The van der Waals surface area contributed by atoms with Gasteiger partial charge in [0.05, 0.1) is 23.9 Å². The van der Waals surface area contributed by atoms with E-state index in [1.54, 1.807) is 34.1 Å². The van der Waals surface area contributed by atoms with Crippen molar-refractivity contribution in [2.75, 3.05) is 7.11 Å². The van der Waals surface area contributed by atoms with Gasteiger partial charge in [-0.05, 0) is 44.5 Å². The van der Waals surface area contributed by atoms with Gasteiger partial charge in [-0.25, -0.2) is 9.78 Å². The van der Waals surface area contributed by atoms with Crippen LogP contribution >= 0.6 is 0 Å². The number of aromatic amines is 1. The summed E-state index contributed by atoms with van der Waals surface area (Å²) in [7, 11) is 1.58. The third kappa shape index (κ3) is 4.84. The summed E-state index contributed by atoms with van der Waals surface area (Å²) in [6.07, 6.45) is 0.826. The molecule has 0 bridgehead atoms. The Labute approximate surface area is 186 Å². The fraction of sp³-hybridized carbons (Fsp3) is 0.280. The average molecular weight is 434 g/mol. The average Bonchev–Trinajstić information content (AvgIpc) is 3.11. The van der Waals surface area contributed by atoms with Gasteiger partial charge in [0.2, 0.25) is 5.88 Å². The first kappa shape index (κ1) is 21.6. The third-order valence-corrected chi connectivity index (χ3v) is 4.78. The minimum Gasteiger partial charge on any atom is -0.489 e. The number of hydrogen-bond donors (Lipinski definition) is 1. The SMILES string of the molecule is COCc1c(OC(=O)OC(C)(C)C)ncc2[nH]c3ccc(OCc4ccccc4)cc3c12. The second-order valence-electron chi connectivity index (χ2n) is 8.44. The lowest BCUT2D eigenvalue weighted by Crippen LogP contribution is -2.26. The van der Waals surface area contributed by atoms with Crippen molar-refractivity contribution in [1.29, 1.82) is 0 Å². The molecule has 0 aliphatic carbocycles. The molecule has 7 heteroatoms. The zero-order valence-corrected chi connectivity index (χ0v) is 18.6. The van der Waals surface area contributed by atoms with E-state index in [0.717, 1.165) is 33.1 Å². The molecule has 0 aliphatic rings. The van der Waals surface area contributed by atoms with Crippen LogP contribution in [0.3, 0.4) is 0 Å². The van der Waals surface area contributed by atoms with E-state index in [4.69, 9.17) is 18.9 Å². The number of H-pyrrole nitrogens is 1. The summed E-state index contributed by atoms with van der Waals surface area (Å²) in [5, 5.41) is 1.79. The highest BCUT2D eigenvalue weighted by molar-refractivity contribution is 6.09. The maximum atomic E-state index is 12.2. The molecule has 0 unspecified atom stereocenters. The number of methoxy groups -OCH3 is 1. The van der Waals surface area contributed by atoms with E-state index >= 15 is 0 Å². The topological polar surface area (TPSA) is 82.7 Å². The van der Waals surface area contributed by atoms with Crippen molar-refractivity contribution in [2.24, 2.45) is 0 Å². The quantitative estimate of drug-likeness (QED) is 0.389. The molecule has 2 aromatic heterocycles. The molecule has 0 aliphatic heterocycles. The van der Waals surface area contributed by atoms with E-state index in [9.17, 15) is 4.79 Å². The van der Waals surface area contributed by atoms with Gasteiger partial charge in [0.1, 0.15) is 18.0 Å². The largest absolute Gasteiger partial charge is 0.515 e. The number of rotatable bonds is 6. The van der Waals surface area contributed by atoms with Gasteiger partial charge in [-0.3, -0.25) is 0 Å². The summed E-state index contributed by atoms with van der Waals surface area (Å²) >= 11 is 0. The van der Waals surface area contributed by atoms with Gasteiger partial charge in [-0.1, -0.05) is 30.3 Å². The fourth-order valence-corrected chi connectivity index (χ4v) is 3.47. The van der Waals surface area contributed by atoms with Crippen LogP contribution in [0, 0.1) is 0 Å². The van der Waals surface area contributed by atoms with E-state index in [0.29, 0.717) is 12.2 Å². The highest BCUT2D eigenvalue weighted by Crippen LogP contribution is 2.35. The van der Waals surface area contributed by atoms with Crippen molar-refractivity contribution in [3.05, 3.63) is 65.9 Å². The molecular formula is C25H26N2O5. The first-order valence-electron chi connectivity index (χ1n) is 10.3. The minimum atomic E-state index is -0.812. The van der Waals surface area contributed by atoms with Crippen LogP contribution in [-0.4, -0.2) is 28.8 Å². The minimum absolute atomic E-state index is 0.158. The van der Waals surface area contributed by atoms with E-state index in [1.165, 1.54) is 0 Å². The Morgan fingerprint density at radius 3 is 2.53 bits per heavy atom. The van der Waals surface area contributed by atoms with Gasteiger partial charge in [-0.2, -0.15) is 0 Å². The summed E-state index contributed by atoms with van der Waals surface area (Å²) in [4.78, 5) is 19.9. The molecule has 1 N–H and O–H groups in total. The third-order valence-electron chi connectivity index (χ3n) is 4.78. The predicted octanol–water partition coefficient (Wildman–Crippen LogP) is 5.76. The Morgan fingerprint density at radius 1 is 1.03 bits per heavy atom. The number of ether oxygens (including phenoxy) is 4. The van der Waals surface area contributed by atoms with Crippen molar-refractivity contribution in [2.45, 2.75) is 39.6 Å². The molecule has 7 nitrogen and oxygen atoms in total. The van der Waals surface area contributed by atoms with Crippen molar-refractivity contribution < 1.29 is 23.7 Å². The van der Waals surface area contributed by atoms with Crippen molar-refractivity contribution in [3.8, 4) is 11.6 Å². The maximum Gasteiger partial charge on any atom is 0.515 e. The number of carbonyl (C=O) groups excluding carboxylic acids is 1. The van der Waals surface area contributed by atoms with Crippen molar-refractivity contribution >= 4 is 28.0 Å². The summed E-state index contributed by atoms with van der Waals surface area (Å²) in [5.41, 5.74) is 2.80. The number of carbonyl (C=O) groups is 1. The Hall–Kier alpha value is -3.58. The van der Waals surface area contributed by atoms with Crippen LogP contribution in [0.4, 0.5) is 4.79 Å². The van der Waals surface area contributed by atoms with Crippen LogP contribution in [0.1, 0.15) is 31.9 Å². The summed E-state index contributed by atoms with van der Waals surface area (Å²) < 4.78 is 22.1. The van der Waals surface area contributed by atoms with E-state index in [1.807, 2.05) is 48.5 Å². The molecular weight excluding hydrogens is 408 g/mol. The molecule has 32 heavy (non-hydrogen) atoms. The van der Waals surface area contributed by atoms with Crippen LogP contribution in [0.25, 0.3) is 21.8 Å². The zero-order valence-electron chi connectivity index (χ0n) is 18.6. The second kappa shape index (κ2) is 8.88. The number of pyridine rings is 1. The number of aromatic nitrogens is 2. The molecule has 0 amide bonds. The number of hydrogen-bond acceptors (Lipinski definition) is 6. The van der Waals surface area contributed by atoms with Gasteiger partial charge in [-0.15, -0.1) is 0 Å². The van der Waals surface area contributed by atoms with Crippen LogP contribution in [0.15, 0.2) is 54.7 Å². The molecule has 0 radical (unpaired) electrons. The summed E-state index contributed by atoms with van der Waals surface area (Å²) in [6, 6.07) is 15.8. The van der Waals surface area contributed by atoms with Gasteiger partial charge in [0.15, 0.2) is 0 Å². The zero-order chi connectivity index (χ0) is 22.7. The molecule has 2 aromatic carbocycles. The molecule has 166 valence electrons. The smallest absolute Gasteiger partial charge is 0.489 e. The van der Waals surface area contributed by atoms with E-state index in [2.05, 4.69) is 9.97 Å². The number of benzene rings is 2. The predicted molar refractivity (Wildman–Crippen MR) is 122 cm³/mol. The highest BCUT2D eigenvalue weighted by atomic mass is 16.7. The molecule has 2 heterocycles. The first-order chi connectivity index (χ1) is 15.3. The van der Waals surface area contributed by atoms with E-state index < -0.39 is 11.8 Å². The molecule has 4 aromatic rings. The lowest BCUT2D eigenvalue weighted by molar-refractivity contribution is 0.0192. The number of fused-ring (bicyclic) bond motifs is 3. The van der Waals surface area contributed by atoms with Crippen molar-refractivity contribution in [3.63, 3.8) is 0 Å². The fourth-order valence-electron chi connectivity index (χ4n) is 3.47. The lowest BCUT2D eigenvalue weighted by atomic mass is 10.1. The summed E-state index contributed by atoms with van der Waals surface area (Å²) in [5.74, 6) is 0.891. The van der Waals surface area contributed by atoms with Gasteiger partial charge in [0, 0.05) is 23.4 Å². The lowest BCUT2D eigenvalue weighted by Gasteiger charge is -2.19.